The van der Waals surface area contributed by atoms with E-state index in [1.54, 1.807) is 18.4 Å². The largest absolute Gasteiger partial charge is 0.462 e. The molecule has 0 spiro atoms. The van der Waals surface area contributed by atoms with Gasteiger partial charge in [0.15, 0.2) is 0 Å². The molecule has 0 fully saturated rings. The highest BCUT2D eigenvalue weighted by Crippen LogP contribution is 2.22. The highest BCUT2D eigenvalue weighted by atomic mass is 35.5. The minimum absolute atomic E-state index is 0.258. The van der Waals surface area contributed by atoms with E-state index in [2.05, 4.69) is 9.97 Å². The van der Waals surface area contributed by atoms with Crippen LogP contribution in [0.2, 0.25) is 5.02 Å². The van der Waals surface area contributed by atoms with E-state index in [0.29, 0.717) is 22.1 Å². The molecule has 118 valence electrons. The molecule has 0 amide bonds. The molecule has 0 aliphatic heterocycles. The number of nitrogens with one attached hydrogen (secondary N) is 1. The van der Waals surface area contributed by atoms with Crippen molar-refractivity contribution in [2.75, 3.05) is 6.61 Å². The first-order valence-electron chi connectivity index (χ1n) is 7.00. The van der Waals surface area contributed by atoms with Gasteiger partial charge in [0.1, 0.15) is 10.7 Å². The topological polar surface area (TPSA) is 72.0 Å². The van der Waals surface area contributed by atoms with Gasteiger partial charge in [-0.2, -0.15) is 0 Å². The Kier molecular flexibility index (Phi) is 4.45. The molecule has 3 rings (SSSR count). The molecule has 2 heterocycles. The maximum absolute atomic E-state index is 12.3. The molecular formula is C16H13ClN2O3S. The van der Waals surface area contributed by atoms with E-state index in [1.807, 2.05) is 18.2 Å². The number of hydrogen-bond acceptors (Lipinski definition) is 5. The maximum atomic E-state index is 12.3. The van der Waals surface area contributed by atoms with Crippen molar-refractivity contribution in [2.24, 2.45) is 0 Å². The minimum atomic E-state index is -0.506. The van der Waals surface area contributed by atoms with Gasteiger partial charge in [0.2, 0.25) is 0 Å². The summed E-state index contributed by atoms with van der Waals surface area (Å²) in [5.74, 6) is 0.0238. The van der Waals surface area contributed by atoms with Crippen molar-refractivity contribution in [3.63, 3.8) is 0 Å². The Morgan fingerprint density at radius 2 is 2.26 bits per heavy atom. The van der Waals surface area contributed by atoms with Gasteiger partial charge in [-0.15, -0.1) is 11.3 Å². The number of esters is 1. The quantitative estimate of drug-likeness (QED) is 0.733. The second-order valence-corrected chi connectivity index (χ2v) is 6.16. The Morgan fingerprint density at radius 3 is 3.00 bits per heavy atom. The van der Waals surface area contributed by atoms with Crippen LogP contribution in [0.15, 0.2) is 34.4 Å². The van der Waals surface area contributed by atoms with Gasteiger partial charge >= 0.3 is 5.97 Å². The monoisotopic (exact) mass is 348 g/mol. The number of nitrogens with zero attached hydrogens (tertiary/aromatic N) is 1. The molecule has 5 nitrogen and oxygen atoms in total. The Labute approximate surface area is 140 Å². The summed E-state index contributed by atoms with van der Waals surface area (Å²) in [4.78, 5) is 31.9. The van der Waals surface area contributed by atoms with Crippen molar-refractivity contribution in [2.45, 2.75) is 13.3 Å². The molecule has 0 aliphatic carbocycles. The molecule has 0 aliphatic rings. The van der Waals surface area contributed by atoms with Gasteiger partial charge in [-0.3, -0.25) is 4.79 Å². The smallest absolute Gasteiger partial charge is 0.339 e. The molecule has 1 aromatic carbocycles. The van der Waals surface area contributed by atoms with Crippen molar-refractivity contribution in [3.05, 3.63) is 62.0 Å². The third-order valence-electron chi connectivity index (χ3n) is 3.25. The highest BCUT2D eigenvalue weighted by molar-refractivity contribution is 7.17. The van der Waals surface area contributed by atoms with Gasteiger partial charge in [-0.25, -0.2) is 9.78 Å². The van der Waals surface area contributed by atoms with Crippen molar-refractivity contribution < 1.29 is 9.53 Å². The predicted molar refractivity (Wildman–Crippen MR) is 90.5 cm³/mol. The van der Waals surface area contributed by atoms with E-state index in [9.17, 15) is 9.59 Å². The van der Waals surface area contributed by atoms with Crippen LogP contribution < -0.4 is 5.56 Å². The number of ether oxygens (including phenoxy) is 1. The summed E-state index contributed by atoms with van der Waals surface area (Å²) in [6.45, 7) is 1.98. The van der Waals surface area contributed by atoms with E-state index in [0.717, 1.165) is 5.56 Å². The van der Waals surface area contributed by atoms with Crippen LogP contribution >= 0.6 is 22.9 Å². The lowest BCUT2D eigenvalue weighted by molar-refractivity contribution is 0.0529. The molecule has 0 bridgehead atoms. The van der Waals surface area contributed by atoms with Crippen molar-refractivity contribution in [3.8, 4) is 0 Å². The fourth-order valence-electron chi connectivity index (χ4n) is 2.28. The zero-order valence-corrected chi connectivity index (χ0v) is 13.8. The van der Waals surface area contributed by atoms with E-state index in [1.165, 1.54) is 11.3 Å². The Hall–Kier alpha value is -2.18. The van der Waals surface area contributed by atoms with E-state index in [4.69, 9.17) is 16.3 Å². The van der Waals surface area contributed by atoms with Gasteiger partial charge < -0.3 is 9.72 Å². The van der Waals surface area contributed by atoms with Gasteiger partial charge in [-0.1, -0.05) is 23.7 Å². The van der Waals surface area contributed by atoms with Gasteiger partial charge in [-0.05, 0) is 24.6 Å². The number of rotatable bonds is 4. The summed E-state index contributed by atoms with van der Waals surface area (Å²) in [5.41, 5.74) is 0.869. The fourth-order valence-corrected chi connectivity index (χ4v) is 3.42. The summed E-state index contributed by atoms with van der Waals surface area (Å²) in [7, 11) is 0. The molecule has 7 heteroatoms. The number of aromatic nitrogens is 2. The molecular weight excluding hydrogens is 336 g/mol. The number of hydrogen-bond donors (Lipinski definition) is 1. The maximum Gasteiger partial charge on any atom is 0.339 e. The van der Waals surface area contributed by atoms with Gasteiger partial charge in [0, 0.05) is 16.8 Å². The molecule has 0 saturated carbocycles. The van der Waals surface area contributed by atoms with Crippen LogP contribution in [-0.2, 0) is 11.2 Å². The minimum Gasteiger partial charge on any atom is -0.462 e. The normalized spacial score (nSPS) is 10.9. The zero-order valence-electron chi connectivity index (χ0n) is 12.3. The second-order valence-electron chi connectivity index (χ2n) is 4.87. The molecule has 0 atom stereocenters. The molecule has 1 N–H and O–H groups in total. The lowest BCUT2D eigenvalue weighted by Gasteiger charge is -2.03. The molecule has 0 saturated heterocycles. The SMILES string of the molecule is CCOC(=O)c1csc2nc(Cc3cccc(Cl)c3)[nH]c(=O)c12. The first-order chi connectivity index (χ1) is 11.1. The zero-order chi connectivity index (χ0) is 16.4. The number of carbonyl (C=O) groups excluding carboxylic acids is 1. The number of aromatic amines is 1. The summed E-state index contributed by atoms with van der Waals surface area (Å²) in [6, 6.07) is 7.37. The summed E-state index contributed by atoms with van der Waals surface area (Å²) in [5, 5.41) is 2.52. The average Bonchev–Trinajstić information content (AvgIpc) is 2.92. The van der Waals surface area contributed by atoms with E-state index in [-0.39, 0.29) is 23.1 Å². The third kappa shape index (κ3) is 3.28. The number of thiophene rings is 1. The number of benzene rings is 1. The Bertz CT molecular complexity index is 932. The molecule has 23 heavy (non-hydrogen) atoms. The van der Waals surface area contributed by atoms with Gasteiger partial charge in [0.25, 0.3) is 5.56 Å². The van der Waals surface area contributed by atoms with Crippen molar-refractivity contribution >= 4 is 39.1 Å². The standard InChI is InChI=1S/C16H13ClN2O3S/c1-2-22-16(21)11-8-23-15-13(11)14(20)18-12(19-15)7-9-4-3-5-10(17)6-9/h3-6,8H,2,7H2,1H3,(H,18,19,20). The lowest BCUT2D eigenvalue weighted by atomic mass is 10.1. The van der Waals surface area contributed by atoms with Crippen LogP contribution in [0.4, 0.5) is 0 Å². The molecule has 3 aromatic rings. The average molecular weight is 349 g/mol. The number of carbonyl (C=O) groups is 1. The highest BCUT2D eigenvalue weighted by Gasteiger charge is 2.18. The molecule has 0 radical (unpaired) electrons. The predicted octanol–water partition coefficient (Wildman–Crippen LogP) is 3.41. The van der Waals surface area contributed by atoms with Crippen LogP contribution in [-0.4, -0.2) is 22.5 Å². The lowest BCUT2D eigenvalue weighted by Crippen LogP contribution is -2.14. The Morgan fingerprint density at radius 1 is 1.43 bits per heavy atom. The van der Waals surface area contributed by atoms with Gasteiger partial charge in [0.05, 0.1) is 17.6 Å². The molecule has 0 unspecified atom stereocenters. The third-order valence-corrected chi connectivity index (χ3v) is 4.36. The van der Waals surface area contributed by atoms with Crippen molar-refractivity contribution in [1.29, 1.82) is 0 Å². The van der Waals surface area contributed by atoms with Crippen LogP contribution in [0.5, 0.6) is 0 Å². The van der Waals surface area contributed by atoms with E-state index < -0.39 is 5.97 Å². The van der Waals surface area contributed by atoms with Crippen molar-refractivity contribution in [1.82, 2.24) is 9.97 Å². The summed E-state index contributed by atoms with van der Waals surface area (Å²) < 4.78 is 4.96. The number of H-pyrrole nitrogens is 1. The number of fused-ring (bicyclic) bond motifs is 1. The summed E-state index contributed by atoms with van der Waals surface area (Å²) in [6.07, 6.45) is 0.457. The molecule has 2 aromatic heterocycles. The van der Waals surface area contributed by atoms with Crippen LogP contribution in [0.25, 0.3) is 10.2 Å². The fraction of sp³-hybridized carbons (Fsp3) is 0.188. The first kappa shape index (κ1) is 15.7. The van der Waals surface area contributed by atoms with Crippen LogP contribution in [0, 0.1) is 0 Å². The second kappa shape index (κ2) is 6.52. The van der Waals surface area contributed by atoms with Crippen LogP contribution in [0.3, 0.4) is 0 Å². The summed E-state index contributed by atoms with van der Waals surface area (Å²) >= 11 is 7.22. The number of halogens is 1. The van der Waals surface area contributed by atoms with Crippen LogP contribution in [0.1, 0.15) is 28.7 Å². The van der Waals surface area contributed by atoms with E-state index >= 15 is 0 Å². The Balaban J connectivity index is 1.99. The first-order valence-corrected chi connectivity index (χ1v) is 8.26.